The Morgan fingerprint density at radius 1 is 1.10 bits per heavy atom. The van der Waals surface area contributed by atoms with Gasteiger partial charge < -0.3 is 10.1 Å². The van der Waals surface area contributed by atoms with Gasteiger partial charge in [0.15, 0.2) is 0 Å². The van der Waals surface area contributed by atoms with Crippen LogP contribution >= 0.6 is 0 Å². The highest BCUT2D eigenvalue weighted by Crippen LogP contribution is 2.19. The average molecular weight is 277 g/mol. The Labute approximate surface area is 124 Å². The molecule has 0 fully saturated rings. The van der Waals surface area contributed by atoms with Gasteiger partial charge in [0.05, 0.1) is 12.2 Å². The SMILES string of the molecule is CCNC(COC(C)(C)C)Cc1c(C)cc(C)cc1C. The minimum atomic E-state index is -0.0783. The highest BCUT2D eigenvalue weighted by atomic mass is 16.5. The van der Waals surface area contributed by atoms with Crippen LogP contribution in [0, 0.1) is 20.8 Å². The second-order valence-electron chi connectivity index (χ2n) is 6.76. The molecule has 1 aromatic carbocycles. The molecule has 1 atom stereocenters. The molecular formula is C18H31NO. The summed E-state index contributed by atoms with van der Waals surface area (Å²) in [5.41, 5.74) is 5.50. The van der Waals surface area contributed by atoms with E-state index in [1.54, 1.807) is 0 Å². The fourth-order valence-electron chi connectivity index (χ4n) is 2.61. The van der Waals surface area contributed by atoms with E-state index in [-0.39, 0.29) is 5.60 Å². The molecule has 1 aromatic rings. The zero-order valence-corrected chi connectivity index (χ0v) is 14.3. The fraction of sp³-hybridized carbons (Fsp3) is 0.667. The van der Waals surface area contributed by atoms with Crippen molar-refractivity contribution in [1.29, 1.82) is 0 Å². The Balaban J connectivity index is 2.80. The summed E-state index contributed by atoms with van der Waals surface area (Å²) < 4.78 is 5.96. The summed E-state index contributed by atoms with van der Waals surface area (Å²) in [6, 6.07) is 4.92. The van der Waals surface area contributed by atoms with Gasteiger partial charge in [0.25, 0.3) is 0 Å². The van der Waals surface area contributed by atoms with Gasteiger partial charge in [-0.1, -0.05) is 24.6 Å². The summed E-state index contributed by atoms with van der Waals surface area (Å²) >= 11 is 0. The van der Waals surface area contributed by atoms with Crippen LogP contribution in [0.4, 0.5) is 0 Å². The molecule has 0 spiro atoms. The third kappa shape index (κ3) is 5.64. The molecule has 1 unspecified atom stereocenters. The molecule has 20 heavy (non-hydrogen) atoms. The molecule has 0 aliphatic rings. The van der Waals surface area contributed by atoms with E-state index in [4.69, 9.17) is 4.74 Å². The number of hydrogen-bond acceptors (Lipinski definition) is 2. The lowest BCUT2D eigenvalue weighted by molar-refractivity contribution is -0.0142. The second kappa shape index (κ2) is 7.24. The van der Waals surface area contributed by atoms with Crippen LogP contribution in [0.1, 0.15) is 49.9 Å². The van der Waals surface area contributed by atoms with Crippen molar-refractivity contribution in [2.45, 2.75) is 66.5 Å². The molecule has 114 valence electrons. The predicted molar refractivity (Wildman–Crippen MR) is 87.5 cm³/mol. The monoisotopic (exact) mass is 277 g/mol. The lowest BCUT2D eigenvalue weighted by Gasteiger charge is -2.26. The Hall–Kier alpha value is -0.860. The summed E-state index contributed by atoms with van der Waals surface area (Å²) in [7, 11) is 0. The highest BCUT2D eigenvalue weighted by molar-refractivity contribution is 5.38. The smallest absolute Gasteiger partial charge is 0.0629 e. The van der Waals surface area contributed by atoms with Gasteiger partial charge in [-0.05, 0) is 71.2 Å². The summed E-state index contributed by atoms with van der Waals surface area (Å²) in [5, 5.41) is 3.55. The third-order valence-electron chi connectivity index (χ3n) is 3.50. The molecule has 0 saturated carbocycles. The van der Waals surface area contributed by atoms with Crippen LogP contribution in [-0.2, 0) is 11.2 Å². The number of rotatable bonds is 6. The first-order valence-electron chi connectivity index (χ1n) is 7.67. The zero-order valence-electron chi connectivity index (χ0n) is 14.3. The van der Waals surface area contributed by atoms with Crippen molar-refractivity contribution in [1.82, 2.24) is 5.32 Å². The number of benzene rings is 1. The van der Waals surface area contributed by atoms with Crippen molar-refractivity contribution in [3.05, 3.63) is 34.4 Å². The van der Waals surface area contributed by atoms with Crippen LogP contribution in [-0.4, -0.2) is 24.8 Å². The van der Waals surface area contributed by atoms with Crippen LogP contribution in [0.3, 0.4) is 0 Å². The van der Waals surface area contributed by atoms with Gasteiger partial charge in [-0.25, -0.2) is 0 Å². The predicted octanol–water partition coefficient (Wildman–Crippen LogP) is 3.95. The van der Waals surface area contributed by atoms with Crippen LogP contribution in [0.25, 0.3) is 0 Å². The number of nitrogens with one attached hydrogen (secondary N) is 1. The maximum Gasteiger partial charge on any atom is 0.0629 e. The second-order valence-corrected chi connectivity index (χ2v) is 6.76. The molecule has 2 nitrogen and oxygen atoms in total. The van der Waals surface area contributed by atoms with Crippen molar-refractivity contribution in [2.75, 3.05) is 13.2 Å². The zero-order chi connectivity index (χ0) is 15.3. The standard InChI is InChI=1S/C18H31NO/c1-8-19-16(12-20-18(5,6)7)11-17-14(3)9-13(2)10-15(17)4/h9-10,16,19H,8,11-12H2,1-7H3. The molecule has 0 amide bonds. The van der Waals surface area contributed by atoms with Crippen LogP contribution in [0.2, 0.25) is 0 Å². The normalized spacial score (nSPS) is 13.6. The minimum absolute atomic E-state index is 0.0783. The first-order chi connectivity index (χ1) is 9.23. The fourth-order valence-corrected chi connectivity index (χ4v) is 2.61. The number of ether oxygens (including phenoxy) is 1. The molecule has 0 radical (unpaired) electrons. The van der Waals surface area contributed by atoms with E-state index in [9.17, 15) is 0 Å². The Kier molecular flexibility index (Phi) is 6.22. The molecule has 0 aliphatic carbocycles. The number of hydrogen-bond donors (Lipinski definition) is 1. The Bertz CT molecular complexity index is 409. The molecule has 0 saturated heterocycles. The third-order valence-corrected chi connectivity index (χ3v) is 3.50. The van der Waals surface area contributed by atoms with E-state index in [0.717, 1.165) is 19.6 Å². The molecule has 0 heterocycles. The maximum atomic E-state index is 5.96. The van der Waals surface area contributed by atoms with Crippen LogP contribution in [0.5, 0.6) is 0 Å². The largest absolute Gasteiger partial charge is 0.374 e. The van der Waals surface area contributed by atoms with Gasteiger partial charge in [-0.3, -0.25) is 0 Å². The molecule has 0 aliphatic heterocycles. The molecular weight excluding hydrogens is 246 g/mol. The number of aryl methyl sites for hydroxylation is 3. The quantitative estimate of drug-likeness (QED) is 0.850. The minimum Gasteiger partial charge on any atom is -0.374 e. The van der Waals surface area contributed by atoms with Crippen LogP contribution < -0.4 is 5.32 Å². The van der Waals surface area contributed by atoms with Crippen molar-refractivity contribution in [2.24, 2.45) is 0 Å². The summed E-state index contributed by atoms with van der Waals surface area (Å²) in [4.78, 5) is 0. The Morgan fingerprint density at radius 3 is 2.10 bits per heavy atom. The molecule has 1 N–H and O–H groups in total. The average Bonchev–Trinajstić information content (AvgIpc) is 2.29. The topological polar surface area (TPSA) is 21.3 Å². The van der Waals surface area contributed by atoms with Crippen LogP contribution in [0.15, 0.2) is 12.1 Å². The van der Waals surface area contributed by atoms with Gasteiger partial charge >= 0.3 is 0 Å². The van der Waals surface area contributed by atoms with E-state index in [1.165, 1.54) is 22.3 Å². The van der Waals surface area contributed by atoms with E-state index in [0.29, 0.717) is 6.04 Å². The summed E-state index contributed by atoms with van der Waals surface area (Å²) in [5.74, 6) is 0. The lowest BCUT2D eigenvalue weighted by Crippen LogP contribution is -2.38. The van der Waals surface area contributed by atoms with Crippen molar-refractivity contribution < 1.29 is 4.74 Å². The van der Waals surface area contributed by atoms with Gasteiger partial charge in [0, 0.05) is 6.04 Å². The molecule has 0 aromatic heterocycles. The maximum absolute atomic E-state index is 5.96. The summed E-state index contributed by atoms with van der Waals surface area (Å²) in [6.45, 7) is 16.8. The van der Waals surface area contributed by atoms with Gasteiger partial charge in [-0.2, -0.15) is 0 Å². The molecule has 2 heteroatoms. The van der Waals surface area contributed by atoms with E-state index in [2.05, 4.69) is 65.9 Å². The van der Waals surface area contributed by atoms with Crippen molar-refractivity contribution >= 4 is 0 Å². The van der Waals surface area contributed by atoms with Gasteiger partial charge in [0.1, 0.15) is 0 Å². The van der Waals surface area contributed by atoms with E-state index >= 15 is 0 Å². The van der Waals surface area contributed by atoms with E-state index in [1.807, 2.05) is 0 Å². The molecule has 1 rings (SSSR count). The van der Waals surface area contributed by atoms with Gasteiger partial charge in [0.2, 0.25) is 0 Å². The van der Waals surface area contributed by atoms with Gasteiger partial charge in [-0.15, -0.1) is 0 Å². The van der Waals surface area contributed by atoms with E-state index < -0.39 is 0 Å². The van der Waals surface area contributed by atoms with Crippen molar-refractivity contribution in [3.63, 3.8) is 0 Å². The van der Waals surface area contributed by atoms with Crippen molar-refractivity contribution in [3.8, 4) is 0 Å². The Morgan fingerprint density at radius 2 is 1.65 bits per heavy atom. The lowest BCUT2D eigenvalue weighted by atomic mass is 9.94. The molecule has 0 bridgehead atoms. The first kappa shape index (κ1) is 17.2. The summed E-state index contributed by atoms with van der Waals surface area (Å²) in [6.07, 6.45) is 1.03. The highest BCUT2D eigenvalue weighted by Gasteiger charge is 2.17. The first-order valence-corrected chi connectivity index (χ1v) is 7.67. The number of likely N-dealkylation sites (N-methyl/N-ethyl adjacent to an activating group) is 1.